The van der Waals surface area contributed by atoms with Crippen molar-refractivity contribution in [2.24, 2.45) is 4.99 Å². The van der Waals surface area contributed by atoms with Gasteiger partial charge in [-0.3, -0.25) is 9.79 Å². The molecule has 0 atom stereocenters. The van der Waals surface area contributed by atoms with Crippen LogP contribution in [0.15, 0.2) is 47.5 Å². The zero-order valence-electron chi connectivity index (χ0n) is 19.7. The summed E-state index contributed by atoms with van der Waals surface area (Å²) < 4.78 is 11.0. The molecule has 2 aromatic rings. The number of ether oxygens (including phenoxy) is 2. The van der Waals surface area contributed by atoms with Crippen molar-refractivity contribution in [1.82, 2.24) is 15.5 Å². The minimum atomic E-state index is 0. The molecule has 0 unspecified atom stereocenters. The first kappa shape index (κ1) is 26.9. The van der Waals surface area contributed by atoms with Crippen molar-refractivity contribution in [3.8, 4) is 5.75 Å². The largest absolute Gasteiger partial charge is 0.491 e. The standard InChI is InChI=1S/C25H34N4O3.HI/c1-19-6-11-22(23(15-19)32-14-13-31-3)17-28-25(26-2)27-16-20-7-9-21(10-8-20)18-29-12-4-5-24(29)30;/h6-11,15H,4-5,12-14,16-18H2,1-3H3,(H2,26,27,28);1H. The number of carbonyl (C=O) groups is 1. The Morgan fingerprint density at radius 1 is 1.06 bits per heavy atom. The van der Waals surface area contributed by atoms with Gasteiger partial charge in [-0.05, 0) is 36.1 Å². The molecule has 0 bridgehead atoms. The van der Waals surface area contributed by atoms with Crippen molar-refractivity contribution in [2.75, 3.05) is 33.9 Å². The molecule has 3 rings (SSSR count). The average Bonchev–Trinajstić information content (AvgIpc) is 3.20. The molecule has 1 aliphatic heterocycles. The summed E-state index contributed by atoms with van der Waals surface area (Å²) in [5, 5.41) is 6.71. The number of benzene rings is 2. The highest BCUT2D eigenvalue weighted by atomic mass is 127. The Hall–Kier alpha value is -2.33. The Morgan fingerprint density at radius 3 is 2.45 bits per heavy atom. The molecular formula is C25H35IN4O3. The molecule has 1 aliphatic rings. The third-order valence-electron chi connectivity index (χ3n) is 5.47. The number of guanidine groups is 1. The molecule has 1 saturated heterocycles. The third kappa shape index (κ3) is 8.51. The number of methoxy groups -OCH3 is 1. The molecule has 0 radical (unpaired) electrons. The quantitative estimate of drug-likeness (QED) is 0.199. The van der Waals surface area contributed by atoms with E-state index in [1.807, 2.05) is 11.0 Å². The molecule has 2 aromatic carbocycles. The minimum absolute atomic E-state index is 0. The van der Waals surface area contributed by atoms with Gasteiger partial charge in [-0.1, -0.05) is 36.4 Å². The van der Waals surface area contributed by atoms with Gasteiger partial charge in [-0.2, -0.15) is 0 Å². The van der Waals surface area contributed by atoms with Crippen molar-refractivity contribution in [3.63, 3.8) is 0 Å². The van der Waals surface area contributed by atoms with Gasteiger partial charge in [-0.25, -0.2) is 0 Å². The molecule has 1 fully saturated rings. The van der Waals surface area contributed by atoms with E-state index in [0.717, 1.165) is 46.9 Å². The van der Waals surface area contributed by atoms with Crippen LogP contribution in [0, 0.1) is 6.92 Å². The normalized spacial score (nSPS) is 13.6. The molecule has 0 aromatic heterocycles. The van der Waals surface area contributed by atoms with Crippen LogP contribution in [0.5, 0.6) is 5.75 Å². The first-order chi connectivity index (χ1) is 15.6. The second-order valence-corrected chi connectivity index (χ2v) is 7.97. The molecule has 8 heteroatoms. The van der Waals surface area contributed by atoms with E-state index in [0.29, 0.717) is 39.3 Å². The number of likely N-dealkylation sites (tertiary alicyclic amines) is 1. The van der Waals surface area contributed by atoms with Crippen LogP contribution in [0.1, 0.15) is 35.1 Å². The van der Waals surface area contributed by atoms with Crippen LogP contribution in [0.3, 0.4) is 0 Å². The molecule has 7 nitrogen and oxygen atoms in total. The molecule has 0 spiro atoms. The minimum Gasteiger partial charge on any atom is -0.491 e. The monoisotopic (exact) mass is 566 g/mol. The summed E-state index contributed by atoms with van der Waals surface area (Å²) in [4.78, 5) is 18.1. The Labute approximate surface area is 214 Å². The number of hydrogen-bond donors (Lipinski definition) is 2. The lowest BCUT2D eigenvalue weighted by Gasteiger charge is -2.16. The summed E-state index contributed by atoms with van der Waals surface area (Å²) in [6.45, 7) is 5.94. The lowest BCUT2D eigenvalue weighted by Crippen LogP contribution is -2.36. The number of nitrogens with zero attached hydrogens (tertiary/aromatic N) is 2. The SMILES string of the molecule is CN=C(NCc1ccc(CN2CCCC2=O)cc1)NCc1ccc(C)cc1OCCOC.I. The number of aryl methyl sites for hydroxylation is 1. The number of carbonyl (C=O) groups excluding carboxylic acids is 1. The maximum Gasteiger partial charge on any atom is 0.222 e. The van der Waals surface area contributed by atoms with Crippen LogP contribution >= 0.6 is 24.0 Å². The highest BCUT2D eigenvalue weighted by Crippen LogP contribution is 2.20. The van der Waals surface area contributed by atoms with Crippen molar-refractivity contribution in [3.05, 3.63) is 64.7 Å². The predicted octanol–water partition coefficient (Wildman–Crippen LogP) is 3.63. The van der Waals surface area contributed by atoms with Crippen LogP contribution in [0.4, 0.5) is 0 Å². The zero-order valence-corrected chi connectivity index (χ0v) is 22.1. The van der Waals surface area contributed by atoms with Crippen molar-refractivity contribution >= 4 is 35.8 Å². The summed E-state index contributed by atoms with van der Waals surface area (Å²) >= 11 is 0. The lowest BCUT2D eigenvalue weighted by molar-refractivity contribution is -0.128. The average molecular weight is 566 g/mol. The van der Waals surface area contributed by atoms with E-state index in [2.05, 4.69) is 58.9 Å². The number of halogens is 1. The second kappa shape index (κ2) is 14.0. The van der Waals surface area contributed by atoms with E-state index in [-0.39, 0.29) is 29.9 Å². The van der Waals surface area contributed by atoms with E-state index in [1.54, 1.807) is 14.2 Å². The molecule has 0 aliphatic carbocycles. The molecule has 33 heavy (non-hydrogen) atoms. The van der Waals surface area contributed by atoms with Crippen LogP contribution in [0.2, 0.25) is 0 Å². The van der Waals surface area contributed by atoms with Gasteiger partial charge >= 0.3 is 0 Å². The molecule has 2 N–H and O–H groups in total. The van der Waals surface area contributed by atoms with Crippen LogP contribution in [-0.4, -0.2) is 50.7 Å². The van der Waals surface area contributed by atoms with E-state index in [9.17, 15) is 4.79 Å². The highest BCUT2D eigenvalue weighted by molar-refractivity contribution is 14.0. The number of aliphatic imine (C=N–C) groups is 1. The number of amides is 1. The van der Waals surface area contributed by atoms with Gasteiger partial charge in [0, 0.05) is 52.3 Å². The molecule has 180 valence electrons. The summed E-state index contributed by atoms with van der Waals surface area (Å²) in [5.74, 6) is 1.84. The topological polar surface area (TPSA) is 75.2 Å². The number of rotatable bonds is 10. The molecule has 0 saturated carbocycles. The fraction of sp³-hybridized carbons (Fsp3) is 0.440. The fourth-order valence-corrected chi connectivity index (χ4v) is 3.62. The maximum absolute atomic E-state index is 11.8. The Morgan fingerprint density at radius 2 is 1.79 bits per heavy atom. The van der Waals surface area contributed by atoms with Gasteiger partial charge in [0.2, 0.25) is 5.91 Å². The maximum atomic E-state index is 11.8. The molecule has 1 heterocycles. The summed E-state index contributed by atoms with van der Waals surface area (Å²) in [6, 6.07) is 14.6. The van der Waals surface area contributed by atoms with E-state index >= 15 is 0 Å². The van der Waals surface area contributed by atoms with Gasteiger partial charge in [0.25, 0.3) is 0 Å². The third-order valence-corrected chi connectivity index (χ3v) is 5.47. The van der Waals surface area contributed by atoms with Crippen LogP contribution in [0.25, 0.3) is 0 Å². The van der Waals surface area contributed by atoms with Gasteiger partial charge < -0.3 is 25.0 Å². The number of hydrogen-bond acceptors (Lipinski definition) is 4. The Bertz CT molecular complexity index is 918. The van der Waals surface area contributed by atoms with Gasteiger partial charge in [0.15, 0.2) is 5.96 Å². The van der Waals surface area contributed by atoms with Gasteiger partial charge in [-0.15, -0.1) is 24.0 Å². The smallest absolute Gasteiger partial charge is 0.222 e. The fourth-order valence-electron chi connectivity index (χ4n) is 3.62. The lowest BCUT2D eigenvalue weighted by atomic mass is 10.1. The van der Waals surface area contributed by atoms with Crippen molar-refractivity contribution in [1.29, 1.82) is 0 Å². The van der Waals surface area contributed by atoms with E-state index < -0.39 is 0 Å². The molecule has 1 amide bonds. The van der Waals surface area contributed by atoms with E-state index in [1.165, 1.54) is 0 Å². The summed E-state index contributed by atoms with van der Waals surface area (Å²) in [6.07, 6.45) is 1.65. The van der Waals surface area contributed by atoms with Crippen LogP contribution in [-0.2, 0) is 29.2 Å². The van der Waals surface area contributed by atoms with Crippen molar-refractivity contribution < 1.29 is 14.3 Å². The Kier molecular flexibility index (Phi) is 11.5. The van der Waals surface area contributed by atoms with Gasteiger partial charge in [0.1, 0.15) is 12.4 Å². The first-order valence-corrected chi connectivity index (χ1v) is 11.1. The number of nitrogens with one attached hydrogen (secondary N) is 2. The van der Waals surface area contributed by atoms with Crippen LogP contribution < -0.4 is 15.4 Å². The van der Waals surface area contributed by atoms with Crippen molar-refractivity contribution in [2.45, 2.75) is 39.4 Å². The Balaban J connectivity index is 0.00000385. The van der Waals surface area contributed by atoms with E-state index in [4.69, 9.17) is 9.47 Å². The first-order valence-electron chi connectivity index (χ1n) is 11.1. The zero-order chi connectivity index (χ0) is 22.8. The molecular weight excluding hydrogens is 531 g/mol. The summed E-state index contributed by atoms with van der Waals surface area (Å²) in [5.41, 5.74) is 4.53. The second-order valence-electron chi connectivity index (χ2n) is 7.97. The summed E-state index contributed by atoms with van der Waals surface area (Å²) in [7, 11) is 3.43. The van der Waals surface area contributed by atoms with Gasteiger partial charge in [0.05, 0.1) is 6.61 Å². The predicted molar refractivity (Wildman–Crippen MR) is 142 cm³/mol. The highest BCUT2D eigenvalue weighted by Gasteiger charge is 2.19.